The Kier molecular flexibility index (Phi) is 4.59. The summed E-state index contributed by atoms with van der Waals surface area (Å²) in [6.45, 7) is 5.76. The summed E-state index contributed by atoms with van der Waals surface area (Å²) < 4.78 is 5.29. The first-order valence-electron chi connectivity index (χ1n) is 7.02. The van der Waals surface area contributed by atoms with Gasteiger partial charge in [-0.25, -0.2) is 0 Å². The lowest BCUT2D eigenvalue weighted by molar-refractivity contribution is -0.122. The van der Waals surface area contributed by atoms with Crippen LogP contribution in [0.3, 0.4) is 0 Å². The van der Waals surface area contributed by atoms with E-state index in [0.29, 0.717) is 0 Å². The van der Waals surface area contributed by atoms with Crippen molar-refractivity contribution in [3.8, 4) is 5.75 Å². The van der Waals surface area contributed by atoms with E-state index in [-0.39, 0.29) is 11.8 Å². The molecule has 1 fully saturated rings. The lowest BCUT2D eigenvalue weighted by atomic mass is 9.97. The fourth-order valence-corrected chi connectivity index (χ4v) is 2.95. The van der Waals surface area contributed by atoms with Crippen LogP contribution < -0.4 is 4.74 Å². The third-order valence-electron chi connectivity index (χ3n) is 3.88. The second-order valence-electron chi connectivity index (χ2n) is 5.34. The van der Waals surface area contributed by atoms with Crippen LogP contribution in [0.5, 0.6) is 5.75 Å². The molecule has 0 spiro atoms. The summed E-state index contributed by atoms with van der Waals surface area (Å²) in [6.07, 6.45) is 3.67. The molecule has 0 radical (unpaired) electrons. The summed E-state index contributed by atoms with van der Waals surface area (Å²) in [6, 6.07) is 5.97. The molecule has 104 valence electrons. The van der Waals surface area contributed by atoms with Crippen LogP contribution in [0.4, 0.5) is 0 Å². The van der Waals surface area contributed by atoms with Crippen molar-refractivity contribution in [3.05, 3.63) is 29.3 Å². The number of benzene rings is 1. The first kappa shape index (κ1) is 14.1. The number of carbonyl (C=O) groups excluding carboxylic acids is 1. The van der Waals surface area contributed by atoms with Gasteiger partial charge in [-0.2, -0.15) is 0 Å². The maximum atomic E-state index is 12.0. The average Bonchev–Trinajstić information content (AvgIpc) is 2.40. The van der Waals surface area contributed by atoms with Crippen molar-refractivity contribution in [2.45, 2.75) is 39.2 Å². The van der Waals surface area contributed by atoms with E-state index in [1.54, 1.807) is 14.0 Å². The molecule has 1 aliphatic heterocycles. The SMILES string of the molecule is COc1ccc(C(C(C)=O)N2CCCCC2)cc1C. The fourth-order valence-electron chi connectivity index (χ4n) is 2.95. The van der Waals surface area contributed by atoms with Crippen molar-refractivity contribution in [1.29, 1.82) is 0 Å². The summed E-state index contributed by atoms with van der Waals surface area (Å²) in [4.78, 5) is 14.3. The van der Waals surface area contributed by atoms with Crippen LogP contribution in [0.2, 0.25) is 0 Å². The monoisotopic (exact) mass is 261 g/mol. The first-order chi connectivity index (χ1) is 9.13. The first-order valence-corrected chi connectivity index (χ1v) is 7.02. The van der Waals surface area contributed by atoms with E-state index in [9.17, 15) is 4.79 Å². The van der Waals surface area contributed by atoms with Gasteiger partial charge in [-0.15, -0.1) is 0 Å². The minimum absolute atomic E-state index is 0.0927. The maximum absolute atomic E-state index is 12.0. The molecule has 1 aromatic rings. The number of carbonyl (C=O) groups is 1. The van der Waals surface area contributed by atoms with Gasteiger partial charge in [0.25, 0.3) is 0 Å². The third kappa shape index (κ3) is 3.16. The Balaban J connectivity index is 2.28. The smallest absolute Gasteiger partial charge is 0.151 e. The van der Waals surface area contributed by atoms with Crippen molar-refractivity contribution in [3.63, 3.8) is 0 Å². The summed E-state index contributed by atoms with van der Waals surface area (Å²) in [7, 11) is 1.68. The molecule has 1 aromatic carbocycles. The van der Waals surface area contributed by atoms with Crippen molar-refractivity contribution < 1.29 is 9.53 Å². The predicted octanol–water partition coefficient (Wildman–Crippen LogP) is 3.12. The van der Waals surface area contributed by atoms with Crippen LogP contribution in [0.1, 0.15) is 43.4 Å². The molecule has 0 aliphatic carbocycles. The molecule has 1 unspecified atom stereocenters. The van der Waals surface area contributed by atoms with E-state index in [1.165, 1.54) is 19.3 Å². The van der Waals surface area contributed by atoms with Crippen molar-refractivity contribution >= 4 is 5.78 Å². The molecule has 0 amide bonds. The number of hydrogen-bond acceptors (Lipinski definition) is 3. The number of nitrogens with zero attached hydrogens (tertiary/aromatic N) is 1. The minimum atomic E-state index is -0.0927. The Morgan fingerprint density at radius 1 is 1.26 bits per heavy atom. The number of rotatable bonds is 4. The topological polar surface area (TPSA) is 29.5 Å². The van der Waals surface area contributed by atoms with Crippen molar-refractivity contribution in [2.24, 2.45) is 0 Å². The van der Waals surface area contributed by atoms with Gasteiger partial charge >= 0.3 is 0 Å². The van der Waals surface area contributed by atoms with Crippen LogP contribution in [0.25, 0.3) is 0 Å². The van der Waals surface area contributed by atoms with Crippen molar-refractivity contribution in [1.82, 2.24) is 4.90 Å². The van der Waals surface area contributed by atoms with E-state index < -0.39 is 0 Å². The second-order valence-corrected chi connectivity index (χ2v) is 5.34. The molecule has 19 heavy (non-hydrogen) atoms. The molecular formula is C16H23NO2. The fraction of sp³-hybridized carbons (Fsp3) is 0.562. The molecule has 0 N–H and O–H groups in total. The summed E-state index contributed by atoms with van der Waals surface area (Å²) in [5.74, 6) is 1.11. The Labute approximate surface area is 115 Å². The second kappa shape index (κ2) is 6.20. The van der Waals surface area contributed by atoms with Crippen LogP contribution in [0.15, 0.2) is 18.2 Å². The largest absolute Gasteiger partial charge is 0.496 e. The van der Waals surface area contributed by atoms with Crippen molar-refractivity contribution in [2.75, 3.05) is 20.2 Å². The Hall–Kier alpha value is -1.35. The lowest BCUT2D eigenvalue weighted by Gasteiger charge is -2.33. The van der Waals surface area contributed by atoms with Crippen LogP contribution >= 0.6 is 0 Å². The summed E-state index contributed by atoms with van der Waals surface area (Å²) >= 11 is 0. The highest BCUT2D eigenvalue weighted by Gasteiger charge is 2.26. The number of hydrogen-bond donors (Lipinski definition) is 0. The van der Waals surface area contributed by atoms with E-state index in [0.717, 1.165) is 30.0 Å². The zero-order valence-electron chi connectivity index (χ0n) is 12.1. The molecule has 2 rings (SSSR count). The lowest BCUT2D eigenvalue weighted by Crippen LogP contribution is -2.37. The molecule has 0 bridgehead atoms. The van der Waals surface area contributed by atoms with Gasteiger partial charge < -0.3 is 4.74 Å². The molecule has 3 nitrogen and oxygen atoms in total. The molecule has 1 aliphatic rings. The Morgan fingerprint density at radius 2 is 1.95 bits per heavy atom. The number of ether oxygens (including phenoxy) is 1. The Bertz CT molecular complexity index is 450. The van der Waals surface area contributed by atoms with Gasteiger partial charge in [-0.3, -0.25) is 9.69 Å². The molecular weight excluding hydrogens is 238 g/mol. The normalized spacial score (nSPS) is 18.1. The molecule has 3 heteroatoms. The number of aryl methyl sites for hydroxylation is 1. The van der Waals surface area contributed by atoms with Gasteiger partial charge in [0.2, 0.25) is 0 Å². The molecule has 1 heterocycles. The predicted molar refractivity (Wildman–Crippen MR) is 76.6 cm³/mol. The van der Waals surface area contributed by atoms with Gasteiger partial charge in [0.05, 0.1) is 13.2 Å². The summed E-state index contributed by atoms with van der Waals surface area (Å²) in [5, 5.41) is 0. The van der Waals surface area contributed by atoms with E-state index in [4.69, 9.17) is 4.74 Å². The number of methoxy groups -OCH3 is 1. The number of ketones is 1. The third-order valence-corrected chi connectivity index (χ3v) is 3.88. The molecule has 1 atom stereocenters. The number of likely N-dealkylation sites (tertiary alicyclic amines) is 1. The van der Waals surface area contributed by atoms with Crippen LogP contribution in [-0.2, 0) is 4.79 Å². The highest BCUT2D eigenvalue weighted by Crippen LogP contribution is 2.29. The highest BCUT2D eigenvalue weighted by molar-refractivity contribution is 5.83. The van der Waals surface area contributed by atoms with E-state index >= 15 is 0 Å². The van der Waals surface area contributed by atoms with Gasteiger partial charge in [-0.05, 0) is 57.0 Å². The van der Waals surface area contributed by atoms with E-state index in [2.05, 4.69) is 11.0 Å². The standard InChI is InChI=1S/C16H23NO2/c1-12-11-14(7-8-15(12)19-3)16(13(2)18)17-9-5-4-6-10-17/h7-8,11,16H,4-6,9-10H2,1-3H3. The quantitative estimate of drug-likeness (QED) is 0.834. The molecule has 0 aromatic heterocycles. The van der Waals surface area contributed by atoms with Gasteiger partial charge in [0.1, 0.15) is 5.75 Å². The zero-order valence-corrected chi connectivity index (χ0v) is 12.1. The maximum Gasteiger partial charge on any atom is 0.151 e. The molecule has 1 saturated heterocycles. The van der Waals surface area contributed by atoms with Gasteiger partial charge in [0, 0.05) is 0 Å². The Morgan fingerprint density at radius 3 is 2.47 bits per heavy atom. The van der Waals surface area contributed by atoms with E-state index in [1.807, 2.05) is 19.1 Å². The minimum Gasteiger partial charge on any atom is -0.496 e. The number of piperidine rings is 1. The highest BCUT2D eigenvalue weighted by atomic mass is 16.5. The van der Waals surface area contributed by atoms with Gasteiger partial charge in [0.15, 0.2) is 5.78 Å². The molecule has 0 saturated carbocycles. The summed E-state index contributed by atoms with van der Waals surface area (Å²) in [5.41, 5.74) is 2.18. The average molecular weight is 261 g/mol. The van der Waals surface area contributed by atoms with Crippen LogP contribution in [0, 0.1) is 6.92 Å². The van der Waals surface area contributed by atoms with Gasteiger partial charge in [-0.1, -0.05) is 18.6 Å². The zero-order chi connectivity index (χ0) is 13.8. The van der Waals surface area contributed by atoms with Crippen LogP contribution in [-0.4, -0.2) is 30.9 Å². The number of Topliss-reactive ketones (excluding diaryl/α,β-unsaturated/α-hetero) is 1.